The predicted octanol–water partition coefficient (Wildman–Crippen LogP) is 5.02. The minimum atomic E-state index is -0.00919. The molecular weight excluding hydrogens is 348 g/mol. The molecule has 4 aromatic rings. The molecule has 0 fully saturated rings. The fourth-order valence-corrected chi connectivity index (χ4v) is 3.06. The summed E-state index contributed by atoms with van der Waals surface area (Å²) in [6, 6.07) is 13.6. The first-order valence-corrected chi connectivity index (χ1v) is 8.74. The number of fused-ring (bicyclic) bond motifs is 1. The van der Waals surface area contributed by atoms with E-state index in [4.69, 9.17) is 11.6 Å². The Morgan fingerprint density at radius 3 is 2.92 bits per heavy atom. The quantitative estimate of drug-likeness (QED) is 0.534. The van der Waals surface area contributed by atoms with Gasteiger partial charge in [-0.1, -0.05) is 30.7 Å². The molecule has 0 aliphatic rings. The molecular formula is C20H17ClN4O. The smallest absolute Gasteiger partial charge is 0.224 e. The van der Waals surface area contributed by atoms with Crippen LogP contribution in [0.15, 0.2) is 61.1 Å². The Hall–Kier alpha value is -3.05. The first-order chi connectivity index (χ1) is 12.6. The molecule has 1 amide bonds. The Balaban J connectivity index is 1.71. The van der Waals surface area contributed by atoms with Crippen LogP contribution in [0, 0.1) is 0 Å². The number of hydrogen-bond acceptors (Lipinski definition) is 2. The summed E-state index contributed by atoms with van der Waals surface area (Å²) in [6.45, 7) is 1.83. The van der Waals surface area contributed by atoms with Crippen LogP contribution in [0.25, 0.3) is 27.7 Å². The van der Waals surface area contributed by atoms with Gasteiger partial charge in [0.1, 0.15) is 0 Å². The number of aromatic amines is 1. The second kappa shape index (κ2) is 6.69. The van der Waals surface area contributed by atoms with Crippen molar-refractivity contribution in [1.29, 1.82) is 0 Å². The van der Waals surface area contributed by atoms with Gasteiger partial charge >= 0.3 is 0 Å². The molecule has 5 nitrogen and oxygen atoms in total. The average molecular weight is 365 g/mol. The summed E-state index contributed by atoms with van der Waals surface area (Å²) in [6.07, 6.45) is 6.04. The van der Waals surface area contributed by atoms with Crippen molar-refractivity contribution < 1.29 is 4.79 Å². The Bertz CT molecular complexity index is 1100. The number of amides is 1. The highest BCUT2D eigenvalue weighted by atomic mass is 35.5. The normalized spacial score (nSPS) is 11.0. The molecule has 0 aliphatic carbocycles. The van der Waals surface area contributed by atoms with Gasteiger partial charge in [0.05, 0.1) is 17.6 Å². The summed E-state index contributed by atoms with van der Waals surface area (Å²) in [5.74, 6) is -0.00919. The third-order valence-corrected chi connectivity index (χ3v) is 4.50. The van der Waals surface area contributed by atoms with Crippen LogP contribution in [-0.2, 0) is 4.79 Å². The van der Waals surface area contributed by atoms with E-state index >= 15 is 0 Å². The van der Waals surface area contributed by atoms with Gasteiger partial charge in [0.2, 0.25) is 5.91 Å². The third kappa shape index (κ3) is 3.09. The molecule has 2 aromatic heterocycles. The van der Waals surface area contributed by atoms with Gasteiger partial charge in [-0.25, -0.2) is 4.68 Å². The second-order valence-electron chi connectivity index (χ2n) is 6.02. The molecule has 0 unspecified atom stereocenters. The topological polar surface area (TPSA) is 62.7 Å². The van der Waals surface area contributed by atoms with Crippen LogP contribution in [0.1, 0.15) is 13.3 Å². The Labute approximate surface area is 155 Å². The zero-order chi connectivity index (χ0) is 18.1. The van der Waals surface area contributed by atoms with Gasteiger partial charge in [-0.15, -0.1) is 0 Å². The second-order valence-corrected chi connectivity index (χ2v) is 6.45. The van der Waals surface area contributed by atoms with E-state index in [-0.39, 0.29) is 5.91 Å². The van der Waals surface area contributed by atoms with E-state index in [1.165, 1.54) is 0 Å². The number of nitrogens with zero attached hydrogens (tertiary/aromatic N) is 2. The minimum Gasteiger partial charge on any atom is -0.359 e. The number of rotatable bonds is 4. The van der Waals surface area contributed by atoms with Gasteiger partial charge in [-0.3, -0.25) is 4.79 Å². The third-order valence-electron chi connectivity index (χ3n) is 4.27. The lowest BCUT2D eigenvalue weighted by atomic mass is 10.1. The van der Waals surface area contributed by atoms with Crippen LogP contribution < -0.4 is 5.32 Å². The van der Waals surface area contributed by atoms with Crippen molar-refractivity contribution in [3.63, 3.8) is 0 Å². The maximum absolute atomic E-state index is 11.7. The van der Waals surface area contributed by atoms with Gasteiger partial charge in [-0.05, 0) is 35.9 Å². The van der Waals surface area contributed by atoms with E-state index in [0.29, 0.717) is 11.4 Å². The molecule has 0 spiro atoms. The number of nitrogens with one attached hydrogen (secondary N) is 2. The average Bonchev–Trinajstić information content (AvgIpc) is 3.29. The lowest BCUT2D eigenvalue weighted by Crippen LogP contribution is -2.08. The van der Waals surface area contributed by atoms with E-state index in [0.717, 1.165) is 33.4 Å². The zero-order valence-corrected chi connectivity index (χ0v) is 14.9. The van der Waals surface area contributed by atoms with Crippen molar-refractivity contribution in [3.05, 3.63) is 66.1 Å². The molecule has 0 saturated carbocycles. The van der Waals surface area contributed by atoms with Gasteiger partial charge < -0.3 is 10.3 Å². The van der Waals surface area contributed by atoms with Crippen LogP contribution >= 0.6 is 11.6 Å². The molecule has 0 bridgehead atoms. The van der Waals surface area contributed by atoms with E-state index in [2.05, 4.69) is 21.5 Å². The lowest BCUT2D eigenvalue weighted by Gasteiger charge is -2.03. The van der Waals surface area contributed by atoms with Crippen molar-refractivity contribution in [2.45, 2.75) is 13.3 Å². The maximum Gasteiger partial charge on any atom is 0.224 e. The number of anilines is 1. The molecule has 0 aliphatic heterocycles. The van der Waals surface area contributed by atoms with Gasteiger partial charge in [0.25, 0.3) is 0 Å². The summed E-state index contributed by atoms with van der Waals surface area (Å²) in [4.78, 5) is 14.9. The van der Waals surface area contributed by atoms with Crippen LogP contribution in [0.2, 0.25) is 5.02 Å². The Morgan fingerprint density at radius 1 is 1.23 bits per heavy atom. The number of halogens is 1. The number of aromatic nitrogens is 3. The van der Waals surface area contributed by atoms with Crippen molar-refractivity contribution in [2.75, 3.05) is 5.32 Å². The van der Waals surface area contributed by atoms with Gasteiger partial charge in [0, 0.05) is 40.3 Å². The molecule has 0 saturated heterocycles. The molecule has 26 heavy (non-hydrogen) atoms. The molecule has 0 atom stereocenters. The number of carbonyl (C=O) groups excluding carboxylic acids is 1. The lowest BCUT2D eigenvalue weighted by molar-refractivity contribution is -0.115. The van der Waals surface area contributed by atoms with Crippen LogP contribution in [0.5, 0.6) is 0 Å². The van der Waals surface area contributed by atoms with Crippen LogP contribution in [-0.4, -0.2) is 20.7 Å². The summed E-state index contributed by atoms with van der Waals surface area (Å²) in [5.41, 5.74) is 4.68. The maximum atomic E-state index is 11.7. The van der Waals surface area contributed by atoms with Crippen molar-refractivity contribution >= 4 is 34.1 Å². The molecule has 130 valence electrons. The molecule has 2 heterocycles. The van der Waals surface area contributed by atoms with Crippen LogP contribution in [0.3, 0.4) is 0 Å². The van der Waals surface area contributed by atoms with E-state index in [1.807, 2.05) is 61.9 Å². The fraction of sp³-hybridized carbons (Fsp3) is 0.100. The first kappa shape index (κ1) is 16.4. The summed E-state index contributed by atoms with van der Waals surface area (Å²) in [5, 5.41) is 9.00. The SMILES string of the molecule is CCC(=O)Nc1c[nH]c2ccc(-c3cnn(-c4cccc(Cl)c4)c3)cc12. The van der Waals surface area contributed by atoms with Crippen LogP contribution in [0.4, 0.5) is 5.69 Å². The first-order valence-electron chi connectivity index (χ1n) is 8.36. The zero-order valence-electron chi connectivity index (χ0n) is 14.2. The number of hydrogen-bond donors (Lipinski definition) is 2. The monoisotopic (exact) mass is 364 g/mol. The highest BCUT2D eigenvalue weighted by Gasteiger charge is 2.10. The number of H-pyrrole nitrogens is 1. The molecule has 2 aromatic carbocycles. The Kier molecular flexibility index (Phi) is 4.22. The van der Waals surface area contributed by atoms with Gasteiger partial charge in [0.15, 0.2) is 0 Å². The van der Waals surface area contributed by atoms with E-state index in [1.54, 1.807) is 4.68 Å². The van der Waals surface area contributed by atoms with Crippen molar-refractivity contribution in [1.82, 2.24) is 14.8 Å². The summed E-state index contributed by atoms with van der Waals surface area (Å²) in [7, 11) is 0. The largest absolute Gasteiger partial charge is 0.359 e. The molecule has 2 N–H and O–H groups in total. The molecule has 6 heteroatoms. The highest BCUT2D eigenvalue weighted by molar-refractivity contribution is 6.30. The minimum absolute atomic E-state index is 0.00919. The summed E-state index contributed by atoms with van der Waals surface area (Å²) >= 11 is 6.06. The number of benzene rings is 2. The van der Waals surface area contributed by atoms with E-state index < -0.39 is 0 Å². The fourth-order valence-electron chi connectivity index (χ4n) is 2.87. The Morgan fingerprint density at radius 2 is 2.12 bits per heavy atom. The molecule has 0 radical (unpaired) electrons. The van der Waals surface area contributed by atoms with Crippen molar-refractivity contribution in [3.8, 4) is 16.8 Å². The van der Waals surface area contributed by atoms with E-state index in [9.17, 15) is 4.79 Å². The van der Waals surface area contributed by atoms with Gasteiger partial charge in [-0.2, -0.15) is 5.10 Å². The highest BCUT2D eigenvalue weighted by Crippen LogP contribution is 2.29. The standard InChI is InChI=1S/C20H17ClN4O/c1-2-20(26)24-19-11-22-18-7-6-13(8-17(18)19)14-10-23-25(12-14)16-5-3-4-15(21)9-16/h3-12,22H,2H2,1H3,(H,24,26). The predicted molar refractivity (Wildman–Crippen MR) is 105 cm³/mol. The summed E-state index contributed by atoms with van der Waals surface area (Å²) < 4.78 is 1.79. The molecule has 4 rings (SSSR count). The van der Waals surface area contributed by atoms with Crippen molar-refractivity contribution in [2.24, 2.45) is 0 Å². The number of carbonyl (C=O) groups is 1.